The Bertz CT molecular complexity index is 810. The minimum Gasteiger partial charge on any atom is -0.493 e. The summed E-state index contributed by atoms with van der Waals surface area (Å²) in [5.74, 6) is 3.40. The Morgan fingerprint density at radius 2 is 1.96 bits per heavy atom. The highest BCUT2D eigenvalue weighted by molar-refractivity contribution is 5.62. The lowest BCUT2D eigenvalue weighted by atomic mass is 9.91. The fourth-order valence-electron chi connectivity index (χ4n) is 3.39. The highest BCUT2D eigenvalue weighted by atomic mass is 16.7. The summed E-state index contributed by atoms with van der Waals surface area (Å²) in [5.41, 5.74) is 3.37. The molecule has 2 aromatic carbocycles. The predicted octanol–water partition coefficient (Wildman–Crippen LogP) is 4.69. The molecule has 0 spiro atoms. The van der Waals surface area contributed by atoms with E-state index in [9.17, 15) is 0 Å². The van der Waals surface area contributed by atoms with Crippen molar-refractivity contribution in [1.82, 2.24) is 0 Å². The van der Waals surface area contributed by atoms with Crippen molar-refractivity contribution in [3.8, 4) is 23.0 Å². The standard InChI is InChI=1S/C20H20O4/c1-4-5-13-8-15-12(2)19(24-20(15)18(9-13)21-3)14-6-7-16-17(10-14)23-11-22-16/h4-10,12,19H,11H2,1-3H3/t12-,19-/m0/s1. The van der Waals surface area contributed by atoms with Gasteiger partial charge in [0.1, 0.15) is 6.10 Å². The van der Waals surface area contributed by atoms with Crippen LogP contribution >= 0.6 is 0 Å². The van der Waals surface area contributed by atoms with Crippen LogP contribution in [0.2, 0.25) is 0 Å². The van der Waals surface area contributed by atoms with Gasteiger partial charge in [0, 0.05) is 11.5 Å². The van der Waals surface area contributed by atoms with Gasteiger partial charge >= 0.3 is 0 Å². The Morgan fingerprint density at radius 3 is 2.75 bits per heavy atom. The lowest BCUT2D eigenvalue weighted by Gasteiger charge is -2.16. The van der Waals surface area contributed by atoms with Gasteiger partial charge in [0.25, 0.3) is 0 Å². The normalized spacial score (nSPS) is 21.0. The summed E-state index contributed by atoms with van der Waals surface area (Å²) in [7, 11) is 1.68. The van der Waals surface area contributed by atoms with Gasteiger partial charge in [-0.25, -0.2) is 0 Å². The number of allylic oxidation sites excluding steroid dienone is 1. The first-order valence-corrected chi connectivity index (χ1v) is 8.12. The number of rotatable bonds is 3. The Morgan fingerprint density at radius 1 is 1.12 bits per heavy atom. The highest BCUT2D eigenvalue weighted by Crippen LogP contribution is 2.51. The minimum atomic E-state index is -0.0655. The van der Waals surface area contributed by atoms with Gasteiger partial charge in [0.05, 0.1) is 7.11 Å². The van der Waals surface area contributed by atoms with Gasteiger partial charge in [-0.2, -0.15) is 0 Å². The maximum atomic E-state index is 6.27. The van der Waals surface area contributed by atoms with E-state index in [1.165, 1.54) is 5.56 Å². The Kier molecular flexibility index (Phi) is 3.60. The fourth-order valence-corrected chi connectivity index (χ4v) is 3.39. The number of fused-ring (bicyclic) bond motifs is 2. The smallest absolute Gasteiger partial charge is 0.231 e. The molecule has 0 unspecified atom stereocenters. The van der Waals surface area contributed by atoms with E-state index in [-0.39, 0.29) is 18.8 Å². The van der Waals surface area contributed by atoms with Crippen LogP contribution in [0, 0.1) is 0 Å². The molecule has 0 bridgehead atoms. The van der Waals surface area contributed by atoms with Crippen LogP contribution in [-0.2, 0) is 0 Å². The van der Waals surface area contributed by atoms with Crippen LogP contribution in [0.15, 0.2) is 36.4 Å². The van der Waals surface area contributed by atoms with Crippen molar-refractivity contribution in [2.45, 2.75) is 25.9 Å². The van der Waals surface area contributed by atoms with Crippen molar-refractivity contribution in [3.63, 3.8) is 0 Å². The van der Waals surface area contributed by atoms with E-state index in [1.807, 2.05) is 37.3 Å². The summed E-state index contributed by atoms with van der Waals surface area (Å²) in [6.45, 7) is 4.47. The molecule has 0 amide bonds. The van der Waals surface area contributed by atoms with Crippen molar-refractivity contribution in [3.05, 3.63) is 53.1 Å². The molecule has 4 rings (SSSR count). The summed E-state index contributed by atoms with van der Waals surface area (Å²) >= 11 is 0. The maximum absolute atomic E-state index is 6.27. The highest BCUT2D eigenvalue weighted by Gasteiger charge is 2.35. The monoisotopic (exact) mass is 324 g/mol. The quantitative estimate of drug-likeness (QED) is 0.820. The molecule has 4 heteroatoms. The molecule has 2 aromatic rings. The summed E-state index contributed by atoms with van der Waals surface area (Å²) in [4.78, 5) is 0. The average Bonchev–Trinajstić information content (AvgIpc) is 3.19. The zero-order chi connectivity index (χ0) is 16.7. The molecule has 4 nitrogen and oxygen atoms in total. The lowest BCUT2D eigenvalue weighted by molar-refractivity contribution is 0.173. The van der Waals surface area contributed by atoms with E-state index < -0.39 is 0 Å². The van der Waals surface area contributed by atoms with Crippen LogP contribution < -0.4 is 18.9 Å². The molecule has 2 aliphatic heterocycles. The second-order valence-electron chi connectivity index (χ2n) is 6.08. The molecular weight excluding hydrogens is 304 g/mol. The van der Waals surface area contributed by atoms with Crippen molar-refractivity contribution in [2.75, 3.05) is 13.9 Å². The van der Waals surface area contributed by atoms with E-state index in [2.05, 4.69) is 19.1 Å². The Balaban J connectivity index is 1.73. The number of methoxy groups -OCH3 is 1. The largest absolute Gasteiger partial charge is 0.493 e. The third-order valence-corrected chi connectivity index (χ3v) is 4.60. The number of benzene rings is 2. The molecular formula is C20H20O4. The second-order valence-corrected chi connectivity index (χ2v) is 6.08. The van der Waals surface area contributed by atoms with Crippen LogP contribution in [0.4, 0.5) is 0 Å². The van der Waals surface area contributed by atoms with Crippen molar-refractivity contribution >= 4 is 6.08 Å². The third kappa shape index (κ3) is 2.30. The van der Waals surface area contributed by atoms with Crippen LogP contribution in [0.1, 0.15) is 42.6 Å². The van der Waals surface area contributed by atoms with Crippen molar-refractivity contribution in [1.29, 1.82) is 0 Å². The van der Waals surface area contributed by atoms with Gasteiger partial charge in [-0.15, -0.1) is 0 Å². The summed E-state index contributed by atoms with van der Waals surface area (Å²) in [5, 5.41) is 0. The first kappa shape index (κ1) is 14.9. The Hall–Kier alpha value is -2.62. The molecule has 0 aliphatic carbocycles. The number of ether oxygens (including phenoxy) is 4. The van der Waals surface area contributed by atoms with Crippen LogP contribution in [0.5, 0.6) is 23.0 Å². The number of hydrogen-bond acceptors (Lipinski definition) is 4. The molecule has 24 heavy (non-hydrogen) atoms. The third-order valence-electron chi connectivity index (χ3n) is 4.60. The van der Waals surface area contributed by atoms with Crippen LogP contribution in [0.25, 0.3) is 6.08 Å². The summed E-state index contributed by atoms with van der Waals surface area (Å²) in [6.07, 6.45) is 4.03. The summed E-state index contributed by atoms with van der Waals surface area (Å²) < 4.78 is 22.7. The molecule has 0 aromatic heterocycles. The molecule has 0 radical (unpaired) electrons. The van der Waals surface area contributed by atoms with E-state index in [1.54, 1.807) is 7.11 Å². The van der Waals surface area contributed by atoms with Crippen molar-refractivity contribution in [2.24, 2.45) is 0 Å². The van der Waals surface area contributed by atoms with Crippen LogP contribution in [-0.4, -0.2) is 13.9 Å². The minimum absolute atomic E-state index is 0.0655. The molecule has 0 N–H and O–H groups in total. The van der Waals surface area contributed by atoms with Gasteiger partial charge in [0.15, 0.2) is 23.0 Å². The molecule has 124 valence electrons. The van der Waals surface area contributed by atoms with Gasteiger partial charge in [-0.3, -0.25) is 0 Å². The predicted molar refractivity (Wildman–Crippen MR) is 92.1 cm³/mol. The first-order valence-electron chi connectivity index (χ1n) is 8.12. The van der Waals surface area contributed by atoms with Gasteiger partial charge in [-0.05, 0) is 42.3 Å². The molecule has 2 aliphatic rings. The van der Waals surface area contributed by atoms with E-state index in [4.69, 9.17) is 18.9 Å². The molecule has 0 saturated carbocycles. The SMILES string of the molecule is CC=Cc1cc(OC)c2c(c1)[C@H](C)[C@@H](c1ccc3c(c1)OCO3)O2. The topological polar surface area (TPSA) is 36.9 Å². The average molecular weight is 324 g/mol. The van der Waals surface area contributed by atoms with Gasteiger partial charge in [0.2, 0.25) is 6.79 Å². The first-order chi connectivity index (χ1) is 11.7. The number of hydrogen-bond donors (Lipinski definition) is 0. The van der Waals surface area contributed by atoms with E-state index in [0.29, 0.717) is 0 Å². The van der Waals surface area contributed by atoms with Gasteiger partial charge in [-0.1, -0.05) is 25.1 Å². The maximum Gasteiger partial charge on any atom is 0.231 e. The zero-order valence-electron chi connectivity index (χ0n) is 14.0. The molecule has 0 fully saturated rings. The molecule has 2 atom stereocenters. The second kappa shape index (κ2) is 5.78. The van der Waals surface area contributed by atoms with Gasteiger partial charge < -0.3 is 18.9 Å². The van der Waals surface area contributed by atoms with E-state index >= 15 is 0 Å². The molecule has 0 saturated heterocycles. The van der Waals surface area contributed by atoms with Crippen molar-refractivity contribution < 1.29 is 18.9 Å². The lowest BCUT2D eigenvalue weighted by Crippen LogP contribution is -2.07. The fraction of sp³-hybridized carbons (Fsp3) is 0.300. The van der Waals surface area contributed by atoms with E-state index in [0.717, 1.165) is 34.1 Å². The summed E-state index contributed by atoms with van der Waals surface area (Å²) in [6, 6.07) is 10.2. The van der Waals surface area contributed by atoms with Crippen LogP contribution in [0.3, 0.4) is 0 Å². The zero-order valence-corrected chi connectivity index (χ0v) is 14.0. The molecule has 2 heterocycles. The Labute approximate surface area is 141 Å².